The molecular formula is C11H8N4O2. The van der Waals surface area contributed by atoms with Crippen LogP contribution in [0.15, 0.2) is 30.5 Å². The second-order valence-electron chi connectivity index (χ2n) is 3.47. The predicted octanol–water partition coefficient (Wildman–Crippen LogP) is 1.06. The van der Waals surface area contributed by atoms with Crippen molar-refractivity contribution < 1.29 is 9.53 Å². The van der Waals surface area contributed by atoms with Gasteiger partial charge >= 0.3 is 5.97 Å². The van der Waals surface area contributed by atoms with Crippen molar-refractivity contribution in [3.63, 3.8) is 0 Å². The number of carbonyl (C=O) groups is 1. The lowest BCUT2D eigenvalue weighted by atomic mass is 10.3. The second kappa shape index (κ2) is 3.51. The van der Waals surface area contributed by atoms with Crippen molar-refractivity contribution in [1.82, 2.24) is 19.8 Å². The number of nitrogens with zero attached hydrogens (tertiary/aromatic N) is 4. The van der Waals surface area contributed by atoms with Gasteiger partial charge in [0, 0.05) is 0 Å². The van der Waals surface area contributed by atoms with E-state index in [0.717, 1.165) is 11.0 Å². The number of hydrogen-bond donors (Lipinski definition) is 0. The molecule has 0 fully saturated rings. The van der Waals surface area contributed by atoms with E-state index in [1.54, 1.807) is 4.52 Å². The summed E-state index contributed by atoms with van der Waals surface area (Å²) in [4.78, 5) is 11.5. The van der Waals surface area contributed by atoms with Gasteiger partial charge in [0.25, 0.3) is 0 Å². The molecule has 0 radical (unpaired) electrons. The van der Waals surface area contributed by atoms with E-state index < -0.39 is 5.97 Å². The third kappa shape index (κ3) is 1.34. The second-order valence-corrected chi connectivity index (χ2v) is 3.47. The SMILES string of the molecule is COC(=O)c1cnn2c1nnc1ccccc12. The summed E-state index contributed by atoms with van der Waals surface area (Å²) in [5.41, 5.74) is 2.23. The van der Waals surface area contributed by atoms with Crippen molar-refractivity contribution in [1.29, 1.82) is 0 Å². The third-order valence-corrected chi connectivity index (χ3v) is 2.51. The number of esters is 1. The molecule has 2 heterocycles. The fourth-order valence-electron chi connectivity index (χ4n) is 1.70. The predicted molar refractivity (Wildman–Crippen MR) is 59.6 cm³/mol. The molecule has 0 bridgehead atoms. The summed E-state index contributed by atoms with van der Waals surface area (Å²) in [7, 11) is 1.32. The van der Waals surface area contributed by atoms with Crippen LogP contribution in [0, 0.1) is 0 Å². The smallest absolute Gasteiger partial charge is 0.343 e. The van der Waals surface area contributed by atoms with Gasteiger partial charge in [-0.1, -0.05) is 12.1 Å². The third-order valence-electron chi connectivity index (χ3n) is 2.51. The maximum absolute atomic E-state index is 11.5. The first-order valence-corrected chi connectivity index (χ1v) is 4.99. The highest BCUT2D eigenvalue weighted by Crippen LogP contribution is 2.15. The van der Waals surface area contributed by atoms with Crippen LogP contribution in [0.2, 0.25) is 0 Å². The van der Waals surface area contributed by atoms with Gasteiger partial charge in [-0.05, 0) is 12.1 Å². The van der Waals surface area contributed by atoms with Crippen LogP contribution in [0.1, 0.15) is 10.4 Å². The van der Waals surface area contributed by atoms with E-state index in [9.17, 15) is 4.79 Å². The Hall–Kier alpha value is -2.50. The Morgan fingerprint density at radius 1 is 1.29 bits per heavy atom. The average Bonchev–Trinajstić information content (AvgIpc) is 2.82. The first-order valence-electron chi connectivity index (χ1n) is 4.99. The van der Waals surface area contributed by atoms with Gasteiger partial charge in [-0.25, -0.2) is 9.31 Å². The maximum atomic E-state index is 11.5. The molecule has 6 heteroatoms. The van der Waals surface area contributed by atoms with Crippen LogP contribution in [0.4, 0.5) is 0 Å². The molecule has 0 aliphatic carbocycles. The molecule has 0 aliphatic heterocycles. The standard InChI is InChI=1S/C11H8N4O2/c1-17-11(16)7-6-12-15-9-5-3-2-4-8(9)13-14-10(7)15/h2-6H,1H3. The van der Waals surface area contributed by atoms with E-state index in [-0.39, 0.29) is 0 Å². The highest BCUT2D eigenvalue weighted by Gasteiger charge is 2.15. The first kappa shape index (κ1) is 9.71. The fraction of sp³-hybridized carbons (Fsp3) is 0.0909. The van der Waals surface area contributed by atoms with Gasteiger partial charge in [0.15, 0.2) is 5.65 Å². The number of ether oxygens (including phenoxy) is 1. The monoisotopic (exact) mass is 228 g/mol. The molecule has 3 rings (SSSR count). The Balaban J connectivity index is 2.39. The number of rotatable bonds is 1. The van der Waals surface area contributed by atoms with Gasteiger partial charge in [-0.2, -0.15) is 5.10 Å². The largest absolute Gasteiger partial charge is 0.465 e. The fourth-order valence-corrected chi connectivity index (χ4v) is 1.70. The minimum Gasteiger partial charge on any atom is -0.465 e. The molecule has 0 aliphatic rings. The van der Waals surface area contributed by atoms with Crippen LogP contribution in [-0.4, -0.2) is 32.9 Å². The number of benzene rings is 1. The van der Waals surface area contributed by atoms with Crippen LogP contribution in [-0.2, 0) is 4.74 Å². The summed E-state index contributed by atoms with van der Waals surface area (Å²) in [6.07, 6.45) is 1.43. The van der Waals surface area contributed by atoms with Gasteiger partial charge < -0.3 is 4.74 Å². The average molecular weight is 228 g/mol. The number of aromatic nitrogens is 4. The van der Waals surface area contributed by atoms with Crippen LogP contribution in [0.5, 0.6) is 0 Å². The molecule has 6 nitrogen and oxygen atoms in total. The molecule has 2 aromatic heterocycles. The summed E-state index contributed by atoms with van der Waals surface area (Å²) in [5.74, 6) is -0.468. The lowest BCUT2D eigenvalue weighted by Gasteiger charge is -1.99. The van der Waals surface area contributed by atoms with Crippen molar-refractivity contribution >= 4 is 22.6 Å². The number of para-hydroxylation sites is 1. The molecule has 84 valence electrons. The molecule has 0 amide bonds. The molecule has 0 atom stereocenters. The summed E-state index contributed by atoms with van der Waals surface area (Å²) < 4.78 is 6.23. The van der Waals surface area contributed by atoms with Crippen molar-refractivity contribution in [3.05, 3.63) is 36.0 Å². The van der Waals surface area contributed by atoms with E-state index in [1.165, 1.54) is 13.3 Å². The van der Waals surface area contributed by atoms with E-state index in [2.05, 4.69) is 20.0 Å². The van der Waals surface area contributed by atoms with Crippen molar-refractivity contribution in [2.45, 2.75) is 0 Å². The lowest BCUT2D eigenvalue weighted by Crippen LogP contribution is -2.03. The Morgan fingerprint density at radius 2 is 2.12 bits per heavy atom. The summed E-state index contributed by atoms with van der Waals surface area (Å²) in [6.45, 7) is 0. The minimum atomic E-state index is -0.468. The molecule has 0 N–H and O–H groups in total. The number of carbonyl (C=O) groups excluding carboxylic acids is 1. The summed E-state index contributed by atoms with van der Waals surface area (Å²) in [5, 5.41) is 12.2. The number of hydrogen-bond acceptors (Lipinski definition) is 5. The van der Waals surface area contributed by atoms with E-state index >= 15 is 0 Å². The van der Waals surface area contributed by atoms with Crippen LogP contribution < -0.4 is 0 Å². The summed E-state index contributed by atoms with van der Waals surface area (Å²) >= 11 is 0. The van der Waals surface area contributed by atoms with Gasteiger partial charge in [0.05, 0.1) is 18.8 Å². The van der Waals surface area contributed by atoms with Crippen LogP contribution in [0.25, 0.3) is 16.7 Å². The molecule has 17 heavy (non-hydrogen) atoms. The van der Waals surface area contributed by atoms with Crippen molar-refractivity contribution in [2.24, 2.45) is 0 Å². The van der Waals surface area contributed by atoms with Gasteiger partial charge in [-0.15, -0.1) is 10.2 Å². The number of methoxy groups -OCH3 is 1. The zero-order valence-corrected chi connectivity index (χ0v) is 8.99. The van der Waals surface area contributed by atoms with E-state index in [4.69, 9.17) is 0 Å². The molecular weight excluding hydrogens is 220 g/mol. The zero-order chi connectivity index (χ0) is 11.8. The van der Waals surface area contributed by atoms with E-state index in [0.29, 0.717) is 11.2 Å². The Labute approximate surface area is 95.8 Å². The van der Waals surface area contributed by atoms with E-state index in [1.807, 2.05) is 24.3 Å². The Morgan fingerprint density at radius 3 is 2.94 bits per heavy atom. The molecule has 0 saturated carbocycles. The Bertz CT molecular complexity index is 720. The highest BCUT2D eigenvalue weighted by molar-refractivity contribution is 5.96. The van der Waals surface area contributed by atoms with Crippen LogP contribution >= 0.6 is 0 Å². The summed E-state index contributed by atoms with van der Waals surface area (Å²) in [6, 6.07) is 7.45. The highest BCUT2D eigenvalue weighted by atomic mass is 16.5. The minimum absolute atomic E-state index is 0.311. The zero-order valence-electron chi connectivity index (χ0n) is 8.99. The van der Waals surface area contributed by atoms with Crippen molar-refractivity contribution in [2.75, 3.05) is 7.11 Å². The number of fused-ring (bicyclic) bond motifs is 3. The van der Waals surface area contributed by atoms with Crippen LogP contribution in [0.3, 0.4) is 0 Å². The van der Waals surface area contributed by atoms with Gasteiger partial charge in [-0.3, -0.25) is 0 Å². The lowest BCUT2D eigenvalue weighted by molar-refractivity contribution is 0.0602. The molecule has 1 aromatic carbocycles. The maximum Gasteiger partial charge on any atom is 0.343 e. The van der Waals surface area contributed by atoms with Gasteiger partial charge in [0.1, 0.15) is 11.1 Å². The molecule has 0 saturated heterocycles. The quantitative estimate of drug-likeness (QED) is 0.582. The Kier molecular flexibility index (Phi) is 2.01. The topological polar surface area (TPSA) is 69.4 Å². The van der Waals surface area contributed by atoms with Gasteiger partial charge in [0.2, 0.25) is 0 Å². The van der Waals surface area contributed by atoms with Crippen molar-refractivity contribution in [3.8, 4) is 0 Å². The molecule has 3 aromatic rings. The normalized spacial score (nSPS) is 10.9. The molecule has 0 spiro atoms. The molecule has 0 unspecified atom stereocenters. The first-order chi connectivity index (χ1) is 8.31.